The Bertz CT molecular complexity index is 518. The average Bonchev–Trinajstić information content (AvgIpc) is 2.87. The van der Waals surface area contributed by atoms with Crippen LogP contribution >= 0.6 is 11.6 Å². The first kappa shape index (κ1) is 13.7. The first-order valence-electron chi connectivity index (χ1n) is 5.81. The lowest BCUT2D eigenvalue weighted by atomic mass is 10.5. The molecule has 0 fully saturated rings. The topological polar surface area (TPSA) is 75.0 Å². The molecule has 2 heterocycles. The van der Waals surface area contributed by atoms with Crippen LogP contribution in [0, 0.1) is 0 Å². The summed E-state index contributed by atoms with van der Waals surface area (Å²) in [6, 6.07) is 1.91. The van der Waals surface area contributed by atoms with Crippen molar-refractivity contribution in [3.05, 3.63) is 23.7 Å². The first-order chi connectivity index (χ1) is 9.15. The molecule has 0 amide bonds. The van der Waals surface area contributed by atoms with E-state index in [1.165, 1.54) is 4.68 Å². The summed E-state index contributed by atoms with van der Waals surface area (Å²) in [7, 11) is 0. The van der Waals surface area contributed by atoms with Crippen molar-refractivity contribution >= 4 is 11.6 Å². The minimum atomic E-state index is 0.0558. The van der Waals surface area contributed by atoms with E-state index >= 15 is 0 Å². The van der Waals surface area contributed by atoms with E-state index < -0.39 is 0 Å². The van der Waals surface area contributed by atoms with Gasteiger partial charge in [0.05, 0.1) is 12.7 Å². The number of hydrogen-bond acceptors (Lipinski definition) is 6. The summed E-state index contributed by atoms with van der Waals surface area (Å²) in [5.74, 6) is 0.310. The van der Waals surface area contributed by atoms with E-state index in [1.807, 2.05) is 13.8 Å². The standard InChI is InChI=1S/C11H14ClN5O2/c1-8(2)18-6-7-19-11-15-9(12)14-10(16-11)17-5-3-4-13-17/h3-5,8H,6-7H2,1-2H3. The van der Waals surface area contributed by atoms with Crippen molar-refractivity contribution in [2.24, 2.45) is 0 Å². The molecule has 0 aliphatic carbocycles. The van der Waals surface area contributed by atoms with Gasteiger partial charge in [0.25, 0.3) is 5.95 Å². The summed E-state index contributed by atoms with van der Waals surface area (Å²) in [6.45, 7) is 4.71. The lowest BCUT2D eigenvalue weighted by Gasteiger charge is -2.08. The molecule has 0 atom stereocenters. The van der Waals surface area contributed by atoms with Crippen LogP contribution in [0.4, 0.5) is 0 Å². The molecule has 7 nitrogen and oxygen atoms in total. The number of hydrogen-bond donors (Lipinski definition) is 0. The second kappa shape index (κ2) is 6.44. The smallest absolute Gasteiger partial charge is 0.322 e. The van der Waals surface area contributed by atoms with E-state index in [4.69, 9.17) is 21.1 Å². The molecule has 0 bridgehead atoms. The van der Waals surface area contributed by atoms with Crippen LogP contribution in [0.2, 0.25) is 5.28 Å². The molecular formula is C11H14ClN5O2. The molecule has 0 saturated carbocycles. The molecule has 0 spiro atoms. The van der Waals surface area contributed by atoms with E-state index in [-0.39, 0.29) is 17.4 Å². The van der Waals surface area contributed by atoms with Gasteiger partial charge in [-0.2, -0.15) is 20.1 Å². The Morgan fingerprint density at radius 3 is 2.79 bits per heavy atom. The Labute approximate surface area is 115 Å². The van der Waals surface area contributed by atoms with Gasteiger partial charge in [-0.1, -0.05) is 0 Å². The highest BCUT2D eigenvalue weighted by Gasteiger charge is 2.08. The molecule has 0 unspecified atom stereocenters. The summed E-state index contributed by atoms with van der Waals surface area (Å²) in [5.41, 5.74) is 0. The zero-order chi connectivity index (χ0) is 13.7. The number of halogens is 1. The van der Waals surface area contributed by atoms with Gasteiger partial charge in [-0.05, 0) is 31.5 Å². The van der Waals surface area contributed by atoms with Crippen LogP contribution < -0.4 is 4.74 Å². The van der Waals surface area contributed by atoms with E-state index in [2.05, 4.69) is 20.1 Å². The van der Waals surface area contributed by atoms with Gasteiger partial charge in [0.1, 0.15) is 6.61 Å². The minimum absolute atomic E-state index is 0.0558. The van der Waals surface area contributed by atoms with Crippen LogP contribution in [0.25, 0.3) is 5.95 Å². The van der Waals surface area contributed by atoms with Crippen molar-refractivity contribution < 1.29 is 9.47 Å². The summed E-state index contributed by atoms with van der Waals surface area (Å²) < 4.78 is 12.2. The van der Waals surface area contributed by atoms with Crippen molar-refractivity contribution in [3.8, 4) is 12.0 Å². The molecule has 0 saturated heterocycles. The van der Waals surface area contributed by atoms with Crippen molar-refractivity contribution in [2.75, 3.05) is 13.2 Å². The Hall–Kier alpha value is -1.73. The molecule has 8 heteroatoms. The number of aromatic nitrogens is 5. The molecule has 19 heavy (non-hydrogen) atoms. The second-order valence-corrected chi connectivity index (χ2v) is 4.24. The van der Waals surface area contributed by atoms with E-state index in [1.54, 1.807) is 18.5 Å². The third-order valence-corrected chi connectivity index (χ3v) is 2.22. The number of nitrogens with zero attached hydrogens (tertiary/aromatic N) is 5. The normalized spacial score (nSPS) is 10.9. The monoisotopic (exact) mass is 283 g/mol. The maximum absolute atomic E-state index is 5.82. The fourth-order valence-electron chi connectivity index (χ4n) is 1.29. The lowest BCUT2D eigenvalue weighted by molar-refractivity contribution is 0.0530. The molecule has 2 rings (SSSR count). The SMILES string of the molecule is CC(C)OCCOc1nc(Cl)nc(-n2cccn2)n1. The van der Waals surface area contributed by atoms with Gasteiger partial charge in [0.15, 0.2) is 0 Å². The molecule has 102 valence electrons. The van der Waals surface area contributed by atoms with E-state index in [0.29, 0.717) is 19.2 Å². The van der Waals surface area contributed by atoms with Gasteiger partial charge >= 0.3 is 6.01 Å². The minimum Gasteiger partial charge on any atom is -0.461 e. The molecule has 2 aromatic heterocycles. The zero-order valence-electron chi connectivity index (χ0n) is 10.7. The third kappa shape index (κ3) is 4.15. The van der Waals surface area contributed by atoms with Gasteiger partial charge < -0.3 is 9.47 Å². The second-order valence-electron chi connectivity index (χ2n) is 3.91. The van der Waals surface area contributed by atoms with Crippen LogP contribution in [0.15, 0.2) is 18.5 Å². The highest BCUT2D eigenvalue weighted by Crippen LogP contribution is 2.10. The number of ether oxygens (including phenoxy) is 2. The number of rotatable bonds is 6. The third-order valence-electron chi connectivity index (χ3n) is 2.05. The fourth-order valence-corrected chi connectivity index (χ4v) is 1.44. The van der Waals surface area contributed by atoms with Crippen molar-refractivity contribution in [1.29, 1.82) is 0 Å². The van der Waals surface area contributed by atoms with Gasteiger partial charge in [0, 0.05) is 12.4 Å². The Kier molecular flexibility index (Phi) is 4.64. The van der Waals surface area contributed by atoms with Crippen LogP contribution in [0.1, 0.15) is 13.8 Å². The van der Waals surface area contributed by atoms with Crippen LogP contribution in [-0.2, 0) is 4.74 Å². The highest BCUT2D eigenvalue weighted by molar-refractivity contribution is 6.28. The summed E-state index contributed by atoms with van der Waals surface area (Å²) in [6.07, 6.45) is 3.48. The molecule has 0 aromatic carbocycles. The predicted molar refractivity (Wildman–Crippen MR) is 68.5 cm³/mol. The molecule has 0 radical (unpaired) electrons. The predicted octanol–water partition coefficient (Wildman–Crippen LogP) is 1.51. The van der Waals surface area contributed by atoms with Crippen LogP contribution in [0.3, 0.4) is 0 Å². The quantitative estimate of drug-likeness (QED) is 0.748. The van der Waals surface area contributed by atoms with Gasteiger partial charge in [0.2, 0.25) is 5.28 Å². The molecule has 0 aliphatic heterocycles. The average molecular weight is 284 g/mol. The molecule has 0 aliphatic rings. The van der Waals surface area contributed by atoms with Crippen molar-refractivity contribution in [3.63, 3.8) is 0 Å². The Balaban J connectivity index is 2.01. The maximum atomic E-state index is 5.82. The lowest BCUT2D eigenvalue weighted by Crippen LogP contribution is -2.13. The fraction of sp³-hybridized carbons (Fsp3) is 0.455. The Morgan fingerprint density at radius 1 is 1.26 bits per heavy atom. The van der Waals surface area contributed by atoms with Gasteiger partial charge in [-0.3, -0.25) is 0 Å². The van der Waals surface area contributed by atoms with E-state index in [9.17, 15) is 0 Å². The summed E-state index contributed by atoms with van der Waals surface area (Å²) >= 11 is 5.82. The molecular weight excluding hydrogens is 270 g/mol. The van der Waals surface area contributed by atoms with Crippen molar-refractivity contribution in [2.45, 2.75) is 20.0 Å². The summed E-state index contributed by atoms with van der Waals surface area (Å²) in [4.78, 5) is 12.0. The van der Waals surface area contributed by atoms with Crippen molar-refractivity contribution in [1.82, 2.24) is 24.7 Å². The summed E-state index contributed by atoms with van der Waals surface area (Å²) in [5, 5.41) is 4.07. The van der Waals surface area contributed by atoms with Gasteiger partial charge in [-0.25, -0.2) is 4.68 Å². The first-order valence-corrected chi connectivity index (χ1v) is 6.19. The molecule has 0 N–H and O–H groups in total. The largest absolute Gasteiger partial charge is 0.461 e. The van der Waals surface area contributed by atoms with E-state index in [0.717, 1.165) is 0 Å². The molecule has 2 aromatic rings. The highest BCUT2D eigenvalue weighted by atomic mass is 35.5. The maximum Gasteiger partial charge on any atom is 0.322 e. The zero-order valence-corrected chi connectivity index (χ0v) is 11.4. The van der Waals surface area contributed by atoms with Gasteiger partial charge in [-0.15, -0.1) is 0 Å². The Morgan fingerprint density at radius 2 is 2.11 bits per heavy atom. The van der Waals surface area contributed by atoms with Crippen LogP contribution in [-0.4, -0.2) is 44.1 Å². The van der Waals surface area contributed by atoms with Crippen LogP contribution in [0.5, 0.6) is 6.01 Å².